The summed E-state index contributed by atoms with van der Waals surface area (Å²) in [5.74, 6) is 1.66. The average molecular weight is 402 g/mol. The van der Waals surface area contributed by atoms with Crippen molar-refractivity contribution in [3.05, 3.63) is 48.8 Å². The molecule has 0 amide bonds. The van der Waals surface area contributed by atoms with Crippen LogP contribution in [0.5, 0.6) is 0 Å². The van der Waals surface area contributed by atoms with Crippen molar-refractivity contribution in [3.63, 3.8) is 0 Å². The number of hydrogen-bond donors (Lipinski definition) is 1. The van der Waals surface area contributed by atoms with E-state index in [0.717, 1.165) is 25.0 Å². The standard InChI is InChI=1S/C22H31N5.ClH/c1-2-5-21(6-3-1)27-17-15-26(16-18-27)14-11-19-7-9-20(10-8-19)25-22-23-12-4-13-24-22;/h1-6,12-13,19-20H,7-11,14-18H2,(H,23,24,25);1H/t19-,20+;. The summed E-state index contributed by atoms with van der Waals surface area (Å²) in [4.78, 5) is 13.7. The molecular formula is C22H32ClN5. The zero-order valence-electron chi connectivity index (χ0n) is 16.5. The molecule has 0 bridgehead atoms. The van der Waals surface area contributed by atoms with Gasteiger partial charge in [-0.25, -0.2) is 9.97 Å². The van der Waals surface area contributed by atoms with Crippen molar-refractivity contribution in [1.29, 1.82) is 0 Å². The van der Waals surface area contributed by atoms with Gasteiger partial charge in [0.25, 0.3) is 0 Å². The van der Waals surface area contributed by atoms with Crippen LogP contribution in [-0.2, 0) is 0 Å². The minimum absolute atomic E-state index is 0. The summed E-state index contributed by atoms with van der Waals surface area (Å²) in [7, 11) is 0. The summed E-state index contributed by atoms with van der Waals surface area (Å²) in [5.41, 5.74) is 1.37. The molecule has 1 saturated carbocycles. The van der Waals surface area contributed by atoms with Gasteiger partial charge in [-0.05, 0) is 62.8 Å². The second-order valence-electron chi connectivity index (χ2n) is 7.89. The molecule has 28 heavy (non-hydrogen) atoms. The van der Waals surface area contributed by atoms with Crippen molar-refractivity contribution in [2.75, 3.05) is 42.9 Å². The molecule has 6 heteroatoms. The highest BCUT2D eigenvalue weighted by Crippen LogP contribution is 2.28. The smallest absolute Gasteiger partial charge is 0.222 e. The van der Waals surface area contributed by atoms with Gasteiger partial charge < -0.3 is 10.2 Å². The van der Waals surface area contributed by atoms with Gasteiger partial charge in [-0.2, -0.15) is 0 Å². The number of halogens is 1. The van der Waals surface area contributed by atoms with E-state index in [1.54, 1.807) is 12.4 Å². The predicted molar refractivity (Wildman–Crippen MR) is 118 cm³/mol. The highest BCUT2D eigenvalue weighted by Gasteiger charge is 2.23. The second kappa shape index (κ2) is 10.6. The maximum Gasteiger partial charge on any atom is 0.222 e. The van der Waals surface area contributed by atoms with Gasteiger partial charge in [0.05, 0.1) is 0 Å². The average Bonchev–Trinajstić information content (AvgIpc) is 2.75. The number of nitrogens with one attached hydrogen (secondary N) is 1. The number of anilines is 2. The van der Waals surface area contributed by atoms with Gasteiger partial charge in [0.2, 0.25) is 5.95 Å². The third kappa shape index (κ3) is 5.82. The molecule has 2 heterocycles. The van der Waals surface area contributed by atoms with Crippen molar-refractivity contribution >= 4 is 24.0 Å². The summed E-state index contributed by atoms with van der Waals surface area (Å²) in [5, 5.41) is 3.49. The zero-order valence-corrected chi connectivity index (χ0v) is 17.4. The molecule has 1 N–H and O–H groups in total. The number of hydrogen-bond acceptors (Lipinski definition) is 5. The Morgan fingerprint density at radius 1 is 0.857 bits per heavy atom. The van der Waals surface area contributed by atoms with Gasteiger partial charge in [-0.1, -0.05) is 18.2 Å². The summed E-state index contributed by atoms with van der Waals surface area (Å²) in [6, 6.07) is 13.2. The third-order valence-electron chi connectivity index (χ3n) is 6.09. The Kier molecular flexibility index (Phi) is 7.92. The van der Waals surface area contributed by atoms with Crippen molar-refractivity contribution in [1.82, 2.24) is 14.9 Å². The number of para-hydroxylation sites is 1. The topological polar surface area (TPSA) is 44.3 Å². The van der Waals surface area contributed by atoms with Crippen LogP contribution < -0.4 is 10.2 Å². The molecule has 2 aromatic rings. The van der Waals surface area contributed by atoms with E-state index in [-0.39, 0.29) is 12.4 Å². The summed E-state index contributed by atoms with van der Waals surface area (Å²) in [6.45, 7) is 5.94. The summed E-state index contributed by atoms with van der Waals surface area (Å²) < 4.78 is 0. The Morgan fingerprint density at radius 3 is 2.21 bits per heavy atom. The highest BCUT2D eigenvalue weighted by atomic mass is 35.5. The zero-order chi connectivity index (χ0) is 18.3. The van der Waals surface area contributed by atoms with Gasteiger partial charge >= 0.3 is 0 Å². The SMILES string of the molecule is Cl.c1ccc(N2CCN(CC[C@H]3CC[C@@H](Nc4ncccn4)CC3)CC2)cc1. The van der Waals surface area contributed by atoms with Crippen LogP contribution in [0, 0.1) is 5.92 Å². The van der Waals surface area contributed by atoms with Gasteiger partial charge in [-0.15, -0.1) is 12.4 Å². The molecule has 4 rings (SSSR count). The molecule has 0 unspecified atom stereocenters. The Balaban J connectivity index is 0.00000225. The van der Waals surface area contributed by atoms with Crippen LogP contribution in [0.3, 0.4) is 0 Å². The predicted octanol–water partition coefficient (Wildman–Crippen LogP) is 4.08. The Hall–Kier alpha value is -1.85. The molecule has 152 valence electrons. The molecule has 1 aliphatic carbocycles. The maximum absolute atomic E-state index is 4.28. The van der Waals surface area contributed by atoms with Gasteiger partial charge in [0.1, 0.15) is 0 Å². The minimum Gasteiger partial charge on any atom is -0.369 e. The van der Waals surface area contributed by atoms with E-state index in [2.05, 4.69) is 55.4 Å². The van der Waals surface area contributed by atoms with Gasteiger partial charge in [0, 0.05) is 50.3 Å². The quantitative estimate of drug-likeness (QED) is 0.790. The van der Waals surface area contributed by atoms with E-state index >= 15 is 0 Å². The Morgan fingerprint density at radius 2 is 1.54 bits per heavy atom. The Bertz CT molecular complexity index is 668. The fourth-order valence-corrected chi connectivity index (χ4v) is 4.39. The lowest BCUT2D eigenvalue weighted by Gasteiger charge is -2.37. The molecule has 2 fully saturated rings. The number of benzene rings is 1. The van der Waals surface area contributed by atoms with Crippen LogP contribution >= 0.6 is 12.4 Å². The number of aromatic nitrogens is 2. The van der Waals surface area contributed by atoms with E-state index in [1.165, 1.54) is 57.4 Å². The molecule has 2 aliphatic rings. The maximum atomic E-state index is 4.28. The Labute approximate surface area is 175 Å². The fraction of sp³-hybridized carbons (Fsp3) is 0.545. The molecule has 1 aromatic carbocycles. The molecular weight excluding hydrogens is 370 g/mol. The summed E-state index contributed by atoms with van der Waals surface area (Å²) >= 11 is 0. The number of rotatable bonds is 6. The number of piperazine rings is 1. The van der Waals surface area contributed by atoms with Crippen molar-refractivity contribution in [2.45, 2.75) is 38.1 Å². The summed E-state index contributed by atoms with van der Waals surface area (Å²) in [6.07, 6.45) is 10.1. The van der Waals surface area contributed by atoms with Gasteiger partial charge in [0.15, 0.2) is 0 Å². The largest absolute Gasteiger partial charge is 0.369 e. The first-order valence-electron chi connectivity index (χ1n) is 10.4. The monoisotopic (exact) mass is 401 g/mol. The molecule has 1 saturated heterocycles. The van der Waals surface area contributed by atoms with Gasteiger partial charge in [-0.3, -0.25) is 4.90 Å². The van der Waals surface area contributed by atoms with Crippen LogP contribution in [0.1, 0.15) is 32.1 Å². The van der Waals surface area contributed by atoms with E-state index in [1.807, 2.05) is 6.07 Å². The lowest BCUT2D eigenvalue weighted by atomic mass is 9.84. The lowest BCUT2D eigenvalue weighted by molar-refractivity contribution is 0.218. The minimum atomic E-state index is 0. The van der Waals surface area contributed by atoms with E-state index in [0.29, 0.717) is 6.04 Å². The number of nitrogens with zero attached hydrogens (tertiary/aromatic N) is 4. The molecule has 1 aliphatic heterocycles. The molecule has 1 aromatic heterocycles. The van der Waals surface area contributed by atoms with Crippen LogP contribution in [-0.4, -0.2) is 53.6 Å². The molecule has 0 radical (unpaired) electrons. The third-order valence-corrected chi connectivity index (χ3v) is 6.09. The molecule has 5 nitrogen and oxygen atoms in total. The van der Waals surface area contributed by atoms with Crippen LogP contribution in [0.15, 0.2) is 48.8 Å². The second-order valence-corrected chi connectivity index (χ2v) is 7.89. The van der Waals surface area contributed by atoms with Crippen LogP contribution in [0.4, 0.5) is 11.6 Å². The van der Waals surface area contributed by atoms with E-state index in [9.17, 15) is 0 Å². The first-order valence-corrected chi connectivity index (χ1v) is 10.4. The first kappa shape index (κ1) is 20.9. The van der Waals surface area contributed by atoms with Crippen LogP contribution in [0.25, 0.3) is 0 Å². The van der Waals surface area contributed by atoms with Crippen molar-refractivity contribution in [3.8, 4) is 0 Å². The van der Waals surface area contributed by atoms with Crippen molar-refractivity contribution < 1.29 is 0 Å². The normalized spacial score (nSPS) is 23.1. The van der Waals surface area contributed by atoms with E-state index < -0.39 is 0 Å². The lowest BCUT2D eigenvalue weighted by Crippen LogP contribution is -2.47. The van der Waals surface area contributed by atoms with E-state index in [4.69, 9.17) is 0 Å². The molecule has 0 atom stereocenters. The first-order chi connectivity index (χ1) is 13.4. The molecule has 0 spiro atoms. The van der Waals surface area contributed by atoms with Crippen molar-refractivity contribution in [2.24, 2.45) is 5.92 Å². The van der Waals surface area contributed by atoms with Crippen LogP contribution in [0.2, 0.25) is 0 Å². The fourth-order valence-electron chi connectivity index (χ4n) is 4.39. The highest BCUT2D eigenvalue weighted by molar-refractivity contribution is 5.85.